The zero-order valence-corrected chi connectivity index (χ0v) is 14.8. The summed E-state index contributed by atoms with van der Waals surface area (Å²) in [6.07, 6.45) is 0. The number of carboxylic acids is 1. The lowest BCUT2D eigenvalue weighted by Crippen LogP contribution is -2.22. The highest BCUT2D eigenvalue weighted by atomic mass is 32.2. The standard InChI is InChI=1S/C18H16N2O5S/c1-11-3-4-13-9-14(25-2)10-16(17(13)19-11)20-26(23,24)15-7-5-12(6-8-15)18(21)22/h3-10,20H,1-2H3,(H,21,22)/p-1. The van der Waals surface area contributed by atoms with Gasteiger partial charge in [-0.1, -0.05) is 18.2 Å². The molecule has 0 fully saturated rings. The van der Waals surface area contributed by atoms with Gasteiger partial charge in [-0.2, -0.15) is 0 Å². The van der Waals surface area contributed by atoms with E-state index in [0.29, 0.717) is 11.3 Å². The predicted molar refractivity (Wildman–Crippen MR) is 94.6 cm³/mol. The van der Waals surface area contributed by atoms with Gasteiger partial charge in [-0.3, -0.25) is 9.71 Å². The van der Waals surface area contributed by atoms with Crippen molar-refractivity contribution in [1.29, 1.82) is 0 Å². The van der Waals surface area contributed by atoms with E-state index in [2.05, 4.69) is 9.71 Å². The molecule has 1 aromatic heterocycles. The van der Waals surface area contributed by atoms with Gasteiger partial charge in [-0.25, -0.2) is 8.42 Å². The van der Waals surface area contributed by atoms with Gasteiger partial charge >= 0.3 is 0 Å². The Morgan fingerprint density at radius 1 is 1.12 bits per heavy atom. The number of hydrogen-bond donors (Lipinski definition) is 1. The van der Waals surface area contributed by atoms with E-state index in [0.717, 1.165) is 11.1 Å². The van der Waals surface area contributed by atoms with Gasteiger partial charge in [0.1, 0.15) is 5.75 Å². The number of sulfonamides is 1. The molecule has 7 nitrogen and oxygen atoms in total. The minimum absolute atomic E-state index is 0.0777. The summed E-state index contributed by atoms with van der Waals surface area (Å²) in [5.74, 6) is -0.895. The number of aromatic nitrogens is 1. The Hall–Kier alpha value is -3.13. The molecule has 2 aromatic carbocycles. The fourth-order valence-electron chi connectivity index (χ4n) is 2.47. The second-order valence-electron chi connectivity index (χ2n) is 5.62. The molecule has 26 heavy (non-hydrogen) atoms. The number of nitrogens with one attached hydrogen (secondary N) is 1. The van der Waals surface area contributed by atoms with Crippen LogP contribution in [-0.4, -0.2) is 26.5 Å². The highest BCUT2D eigenvalue weighted by molar-refractivity contribution is 7.92. The molecule has 0 aliphatic carbocycles. The molecular formula is C18H15N2O5S-. The van der Waals surface area contributed by atoms with Crippen molar-refractivity contribution in [3.05, 3.63) is 59.8 Å². The molecule has 0 saturated carbocycles. The largest absolute Gasteiger partial charge is 0.545 e. The number of ether oxygens (including phenoxy) is 1. The lowest BCUT2D eigenvalue weighted by molar-refractivity contribution is -0.255. The molecule has 3 rings (SSSR count). The van der Waals surface area contributed by atoms with Crippen LogP contribution in [0, 0.1) is 6.92 Å². The number of fused-ring (bicyclic) bond motifs is 1. The van der Waals surface area contributed by atoms with Crippen LogP contribution in [-0.2, 0) is 10.0 Å². The maximum absolute atomic E-state index is 12.7. The first-order valence-electron chi connectivity index (χ1n) is 7.60. The highest BCUT2D eigenvalue weighted by Crippen LogP contribution is 2.30. The fourth-order valence-corrected chi connectivity index (χ4v) is 3.53. The number of aromatic carboxylic acids is 1. The third-order valence-corrected chi connectivity index (χ3v) is 5.17. The van der Waals surface area contributed by atoms with Crippen LogP contribution in [0.5, 0.6) is 5.75 Å². The average molecular weight is 371 g/mol. The van der Waals surface area contributed by atoms with Gasteiger partial charge in [0.05, 0.1) is 29.2 Å². The van der Waals surface area contributed by atoms with E-state index >= 15 is 0 Å². The molecule has 1 heterocycles. The van der Waals surface area contributed by atoms with Crippen molar-refractivity contribution in [2.24, 2.45) is 0 Å². The first-order valence-corrected chi connectivity index (χ1v) is 9.08. The molecule has 0 aliphatic rings. The molecule has 0 saturated heterocycles. The van der Waals surface area contributed by atoms with Crippen LogP contribution in [0.15, 0.2) is 53.4 Å². The number of carbonyl (C=O) groups excluding carboxylic acids is 1. The van der Waals surface area contributed by atoms with Crippen LogP contribution in [0.25, 0.3) is 10.9 Å². The van der Waals surface area contributed by atoms with Gasteiger partial charge in [-0.05, 0) is 36.8 Å². The summed E-state index contributed by atoms with van der Waals surface area (Å²) in [6.45, 7) is 1.81. The Morgan fingerprint density at radius 3 is 2.42 bits per heavy atom. The minimum Gasteiger partial charge on any atom is -0.545 e. The lowest BCUT2D eigenvalue weighted by atomic mass is 10.1. The van der Waals surface area contributed by atoms with E-state index in [1.165, 1.54) is 31.4 Å². The van der Waals surface area contributed by atoms with Crippen LogP contribution < -0.4 is 14.6 Å². The number of methoxy groups -OCH3 is 1. The molecule has 3 aromatic rings. The third kappa shape index (κ3) is 3.45. The summed E-state index contributed by atoms with van der Waals surface area (Å²) in [7, 11) is -2.46. The van der Waals surface area contributed by atoms with Gasteiger partial charge in [0.15, 0.2) is 0 Å². The molecular weight excluding hydrogens is 356 g/mol. The summed E-state index contributed by atoms with van der Waals surface area (Å²) >= 11 is 0. The molecule has 0 radical (unpaired) electrons. The van der Waals surface area contributed by atoms with Crippen LogP contribution in [0.1, 0.15) is 16.1 Å². The van der Waals surface area contributed by atoms with Gasteiger partial charge in [0.25, 0.3) is 10.0 Å². The summed E-state index contributed by atoms with van der Waals surface area (Å²) in [4.78, 5) is 15.1. The Morgan fingerprint density at radius 2 is 1.81 bits per heavy atom. The van der Waals surface area contributed by atoms with Crippen LogP contribution in [0.2, 0.25) is 0 Å². The molecule has 0 spiro atoms. The monoisotopic (exact) mass is 371 g/mol. The number of benzene rings is 2. The van der Waals surface area contributed by atoms with Crippen molar-refractivity contribution in [3.8, 4) is 5.75 Å². The Balaban J connectivity index is 2.06. The maximum Gasteiger partial charge on any atom is 0.261 e. The molecule has 0 bridgehead atoms. The zero-order chi connectivity index (χ0) is 18.9. The molecule has 0 unspecified atom stereocenters. The number of hydrogen-bond acceptors (Lipinski definition) is 6. The number of pyridine rings is 1. The molecule has 0 amide bonds. The molecule has 1 N–H and O–H groups in total. The fraction of sp³-hybridized carbons (Fsp3) is 0.111. The van der Waals surface area contributed by atoms with E-state index in [4.69, 9.17) is 4.74 Å². The lowest BCUT2D eigenvalue weighted by Gasteiger charge is -2.13. The molecule has 0 atom stereocenters. The zero-order valence-electron chi connectivity index (χ0n) is 14.0. The van der Waals surface area contributed by atoms with Crippen molar-refractivity contribution in [2.75, 3.05) is 11.8 Å². The minimum atomic E-state index is -3.94. The first-order chi connectivity index (χ1) is 12.3. The van der Waals surface area contributed by atoms with Gasteiger partial charge in [0.2, 0.25) is 0 Å². The number of anilines is 1. The van der Waals surface area contributed by atoms with Crippen molar-refractivity contribution < 1.29 is 23.1 Å². The number of carboxylic acid groups (broad SMARTS) is 1. The van der Waals surface area contributed by atoms with Gasteiger partial charge in [-0.15, -0.1) is 0 Å². The van der Waals surface area contributed by atoms with E-state index in [9.17, 15) is 18.3 Å². The Kier molecular flexibility index (Phi) is 4.52. The third-order valence-electron chi connectivity index (χ3n) is 3.79. The second kappa shape index (κ2) is 6.64. The number of aryl methyl sites for hydroxylation is 1. The summed E-state index contributed by atoms with van der Waals surface area (Å²) in [6, 6.07) is 11.7. The molecule has 134 valence electrons. The highest BCUT2D eigenvalue weighted by Gasteiger charge is 2.17. The SMILES string of the molecule is COc1cc(NS(=O)(=O)c2ccc(C(=O)[O-])cc2)c2nc(C)ccc2c1. The Labute approximate surface area is 150 Å². The molecule has 0 aliphatic heterocycles. The predicted octanol–water partition coefficient (Wildman–Crippen LogP) is 1.72. The van der Waals surface area contributed by atoms with Crippen LogP contribution >= 0.6 is 0 Å². The maximum atomic E-state index is 12.7. The Bertz CT molecular complexity index is 1090. The van der Waals surface area contributed by atoms with E-state index in [-0.39, 0.29) is 16.1 Å². The van der Waals surface area contributed by atoms with Gasteiger partial charge in [0, 0.05) is 17.1 Å². The summed E-state index contributed by atoms with van der Waals surface area (Å²) in [5.41, 5.74) is 1.39. The average Bonchev–Trinajstić information content (AvgIpc) is 2.61. The van der Waals surface area contributed by atoms with E-state index in [1.54, 1.807) is 19.1 Å². The summed E-state index contributed by atoms with van der Waals surface area (Å²) < 4.78 is 33.1. The van der Waals surface area contributed by atoms with Crippen molar-refractivity contribution in [3.63, 3.8) is 0 Å². The van der Waals surface area contributed by atoms with Crippen molar-refractivity contribution in [2.45, 2.75) is 11.8 Å². The number of nitrogens with zero attached hydrogens (tertiary/aromatic N) is 1. The topological polar surface area (TPSA) is 108 Å². The summed E-state index contributed by atoms with van der Waals surface area (Å²) in [5, 5.41) is 11.5. The normalized spacial score (nSPS) is 11.3. The van der Waals surface area contributed by atoms with Crippen LogP contribution in [0.4, 0.5) is 5.69 Å². The number of rotatable bonds is 5. The first kappa shape index (κ1) is 17.7. The second-order valence-corrected chi connectivity index (χ2v) is 7.30. The van der Waals surface area contributed by atoms with Crippen molar-refractivity contribution >= 4 is 32.6 Å². The number of carbonyl (C=O) groups is 1. The van der Waals surface area contributed by atoms with Gasteiger partial charge < -0.3 is 14.6 Å². The molecule has 8 heteroatoms. The van der Waals surface area contributed by atoms with E-state index in [1.807, 2.05) is 12.1 Å². The van der Waals surface area contributed by atoms with Crippen LogP contribution in [0.3, 0.4) is 0 Å². The van der Waals surface area contributed by atoms with Crippen molar-refractivity contribution in [1.82, 2.24) is 4.98 Å². The van der Waals surface area contributed by atoms with E-state index < -0.39 is 16.0 Å². The quantitative estimate of drug-likeness (QED) is 0.731. The smallest absolute Gasteiger partial charge is 0.261 e.